The Hall–Kier alpha value is -1.58. The molecular weight excluding hydrogens is 240 g/mol. The van der Waals surface area contributed by atoms with Crippen LogP contribution in [0.4, 0.5) is 11.4 Å². The van der Waals surface area contributed by atoms with Crippen LogP contribution in [-0.4, -0.2) is 11.0 Å². The maximum atomic E-state index is 11.0. The minimum Gasteiger partial charge on any atom is -0.382 e. The van der Waals surface area contributed by atoms with Gasteiger partial charge < -0.3 is 5.32 Å². The lowest BCUT2D eigenvalue weighted by Crippen LogP contribution is -2.15. The zero-order chi connectivity index (χ0) is 14.3. The standard InChI is InChI=1S/C15H24N2O2/c1-4-6-7-8-12(3)16-14-10-9-13(5-2)15(11-14)17(18)19/h9-12,16H,4-8H2,1-3H3. The molecular formula is C15H24N2O2. The van der Waals surface area contributed by atoms with Crippen LogP contribution in [0, 0.1) is 10.1 Å². The Labute approximate surface area is 115 Å². The summed E-state index contributed by atoms with van der Waals surface area (Å²) in [4.78, 5) is 10.7. The first kappa shape index (κ1) is 15.5. The molecule has 0 aliphatic heterocycles. The fourth-order valence-electron chi connectivity index (χ4n) is 2.18. The molecule has 0 spiro atoms. The van der Waals surface area contributed by atoms with Gasteiger partial charge in [-0.3, -0.25) is 10.1 Å². The summed E-state index contributed by atoms with van der Waals surface area (Å²) in [6, 6.07) is 5.77. The van der Waals surface area contributed by atoms with E-state index < -0.39 is 0 Å². The van der Waals surface area contributed by atoms with Crippen molar-refractivity contribution in [3.63, 3.8) is 0 Å². The van der Waals surface area contributed by atoms with E-state index in [1.165, 1.54) is 19.3 Å². The van der Waals surface area contributed by atoms with Crippen LogP contribution in [0.2, 0.25) is 0 Å². The first-order valence-electron chi connectivity index (χ1n) is 7.12. The zero-order valence-corrected chi connectivity index (χ0v) is 12.1. The molecule has 4 nitrogen and oxygen atoms in total. The number of nitrogens with zero attached hydrogens (tertiary/aromatic N) is 1. The van der Waals surface area contributed by atoms with Gasteiger partial charge in [-0.15, -0.1) is 0 Å². The van der Waals surface area contributed by atoms with Gasteiger partial charge in [0.1, 0.15) is 0 Å². The lowest BCUT2D eigenvalue weighted by molar-refractivity contribution is -0.385. The topological polar surface area (TPSA) is 55.2 Å². The largest absolute Gasteiger partial charge is 0.382 e. The molecule has 106 valence electrons. The predicted octanol–water partition coefficient (Wildman–Crippen LogP) is 4.54. The Balaban J connectivity index is 2.68. The number of nitro groups is 1. The van der Waals surface area contributed by atoms with Crippen LogP contribution >= 0.6 is 0 Å². The second kappa shape index (κ2) is 7.77. The third-order valence-corrected chi connectivity index (χ3v) is 3.32. The second-order valence-corrected chi connectivity index (χ2v) is 5.00. The van der Waals surface area contributed by atoms with Crippen molar-refractivity contribution < 1.29 is 4.92 Å². The Morgan fingerprint density at radius 1 is 1.32 bits per heavy atom. The maximum absolute atomic E-state index is 11.0. The summed E-state index contributed by atoms with van der Waals surface area (Å²) >= 11 is 0. The highest BCUT2D eigenvalue weighted by Crippen LogP contribution is 2.24. The summed E-state index contributed by atoms with van der Waals surface area (Å²) < 4.78 is 0. The molecule has 19 heavy (non-hydrogen) atoms. The number of hydrogen-bond donors (Lipinski definition) is 1. The van der Waals surface area contributed by atoms with Crippen LogP contribution in [0.15, 0.2) is 18.2 Å². The van der Waals surface area contributed by atoms with Crippen LogP contribution in [0.1, 0.15) is 52.0 Å². The molecule has 1 aromatic carbocycles. The third-order valence-electron chi connectivity index (χ3n) is 3.32. The third kappa shape index (κ3) is 4.89. The summed E-state index contributed by atoms with van der Waals surface area (Å²) in [6.07, 6.45) is 5.42. The predicted molar refractivity (Wildman–Crippen MR) is 79.7 cm³/mol. The van der Waals surface area contributed by atoms with Crippen LogP contribution < -0.4 is 5.32 Å². The SMILES string of the molecule is CCCCCC(C)Nc1ccc(CC)c([N+](=O)[O-])c1. The van der Waals surface area contributed by atoms with Gasteiger partial charge in [0, 0.05) is 23.4 Å². The average Bonchev–Trinajstić information content (AvgIpc) is 2.39. The van der Waals surface area contributed by atoms with Gasteiger partial charge in [-0.2, -0.15) is 0 Å². The second-order valence-electron chi connectivity index (χ2n) is 5.00. The normalized spacial score (nSPS) is 12.2. The van der Waals surface area contributed by atoms with Gasteiger partial charge in [-0.25, -0.2) is 0 Å². The van der Waals surface area contributed by atoms with E-state index in [1.54, 1.807) is 6.07 Å². The number of anilines is 1. The molecule has 1 N–H and O–H groups in total. The molecule has 0 amide bonds. The van der Waals surface area contributed by atoms with Crippen LogP contribution in [-0.2, 0) is 6.42 Å². The molecule has 1 aromatic rings. The number of unbranched alkanes of at least 4 members (excludes halogenated alkanes) is 2. The highest BCUT2D eigenvalue weighted by molar-refractivity contribution is 5.55. The van der Waals surface area contributed by atoms with Crippen LogP contribution in [0.25, 0.3) is 0 Å². The molecule has 0 aliphatic carbocycles. The fourth-order valence-corrected chi connectivity index (χ4v) is 2.18. The number of aryl methyl sites for hydroxylation is 1. The lowest BCUT2D eigenvalue weighted by Gasteiger charge is -2.15. The van der Waals surface area contributed by atoms with Gasteiger partial charge in [-0.1, -0.05) is 39.2 Å². The Morgan fingerprint density at radius 3 is 2.63 bits per heavy atom. The highest BCUT2D eigenvalue weighted by atomic mass is 16.6. The summed E-state index contributed by atoms with van der Waals surface area (Å²) in [5, 5.41) is 14.4. The minimum absolute atomic E-state index is 0.216. The van der Waals surface area contributed by atoms with Crippen molar-refractivity contribution in [2.24, 2.45) is 0 Å². The molecule has 1 unspecified atom stereocenters. The van der Waals surface area contributed by atoms with E-state index in [-0.39, 0.29) is 10.6 Å². The Bertz CT molecular complexity index is 419. The monoisotopic (exact) mass is 264 g/mol. The van der Waals surface area contributed by atoms with Crippen LogP contribution in [0.5, 0.6) is 0 Å². The first-order valence-corrected chi connectivity index (χ1v) is 7.12. The van der Waals surface area contributed by atoms with Crippen molar-refractivity contribution in [1.29, 1.82) is 0 Å². The summed E-state index contributed by atoms with van der Waals surface area (Å²) in [6.45, 7) is 6.24. The number of benzene rings is 1. The van der Waals surface area contributed by atoms with E-state index in [2.05, 4.69) is 19.2 Å². The number of nitrogens with one attached hydrogen (secondary N) is 1. The smallest absolute Gasteiger partial charge is 0.274 e. The van der Waals surface area contributed by atoms with E-state index in [1.807, 2.05) is 19.1 Å². The molecule has 0 aromatic heterocycles. The number of rotatable bonds is 8. The molecule has 0 saturated carbocycles. The van der Waals surface area contributed by atoms with Gasteiger partial charge in [0.15, 0.2) is 0 Å². The minimum atomic E-state index is -0.300. The van der Waals surface area contributed by atoms with Crippen molar-refractivity contribution in [3.05, 3.63) is 33.9 Å². The van der Waals surface area contributed by atoms with Crippen molar-refractivity contribution in [2.75, 3.05) is 5.32 Å². The van der Waals surface area contributed by atoms with E-state index in [9.17, 15) is 10.1 Å². The van der Waals surface area contributed by atoms with E-state index in [0.29, 0.717) is 12.5 Å². The number of hydrogen-bond acceptors (Lipinski definition) is 3. The van der Waals surface area contributed by atoms with Crippen molar-refractivity contribution in [1.82, 2.24) is 0 Å². The van der Waals surface area contributed by atoms with E-state index in [4.69, 9.17) is 0 Å². The summed E-state index contributed by atoms with van der Waals surface area (Å²) in [7, 11) is 0. The average molecular weight is 264 g/mol. The molecule has 0 bridgehead atoms. The molecule has 0 saturated heterocycles. The summed E-state index contributed by atoms with van der Waals surface area (Å²) in [5.74, 6) is 0. The maximum Gasteiger partial charge on any atom is 0.274 e. The van der Waals surface area contributed by atoms with Gasteiger partial charge in [0.05, 0.1) is 4.92 Å². The molecule has 4 heteroatoms. The Kier molecular flexibility index (Phi) is 6.33. The quantitative estimate of drug-likeness (QED) is 0.426. The summed E-state index contributed by atoms with van der Waals surface area (Å²) in [5.41, 5.74) is 1.84. The highest BCUT2D eigenvalue weighted by Gasteiger charge is 2.13. The van der Waals surface area contributed by atoms with E-state index >= 15 is 0 Å². The van der Waals surface area contributed by atoms with Crippen molar-refractivity contribution >= 4 is 11.4 Å². The van der Waals surface area contributed by atoms with Gasteiger partial charge in [0.2, 0.25) is 0 Å². The first-order chi connectivity index (χ1) is 9.08. The Morgan fingerprint density at radius 2 is 2.05 bits per heavy atom. The molecule has 0 aliphatic rings. The van der Waals surface area contributed by atoms with Crippen molar-refractivity contribution in [2.45, 2.75) is 58.9 Å². The molecule has 0 heterocycles. The van der Waals surface area contributed by atoms with Gasteiger partial charge in [-0.05, 0) is 25.8 Å². The molecule has 0 fully saturated rings. The zero-order valence-electron chi connectivity index (χ0n) is 12.1. The van der Waals surface area contributed by atoms with Gasteiger partial charge >= 0.3 is 0 Å². The van der Waals surface area contributed by atoms with Crippen molar-refractivity contribution in [3.8, 4) is 0 Å². The number of nitro benzene ring substituents is 1. The van der Waals surface area contributed by atoms with Crippen LogP contribution in [0.3, 0.4) is 0 Å². The molecule has 0 radical (unpaired) electrons. The molecule has 1 rings (SSSR count). The fraction of sp³-hybridized carbons (Fsp3) is 0.600. The van der Waals surface area contributed by atoms with Gasteiger partial charge in [0.25, 0.3) is 5.69 Å². The lowest BCUT2D eigenvalue weighted by atomic mass is 10.1. The molecule has 1 atom stereocenters. The van der Waals surface area contributed by atoms with E-state index in [0.717, 1.165) is 17.7 Å².